The first-order valence-corrected chi connectivity index (χ1v) is 5.40. The number of H-pyrrole nitrogens is 1. The van der Waals surface area contributed by atoms with Crippen molar-refractivity contribution < 1.29 is 9.90 Å². The first-order valence-electron chi connectivity index (χ1n) is 4.61. The van der Waals surface area contributed by atoms with Gasteiger partial charge in [0.15, 0.2) is 0 Å². The minimum absolute atomic E-state index is 0.176. The number of aromatic amines is 1. The van der Waals surface area contributed by atoms with Crippen molar-refractivity contribution >= 4 is 32.8 Å². The highest BCUT2D eigenvalue weighted by molar-refractivity contribution is 9.10. The zero-order valence-electron chi connectivity index (χ0n) is 8.16. The zero-order valence-corrected chi connectivity index (χ0v) is 9.74. The summed E-state index contributed by atoms with van der Waals surface area (Å²) < 4.78 is 0.286. The lowest BCUT2D eigenvalue weighted by Gasteiger charge is -2.06. The van der Waals surface area contributed by atoms with E-state index in [0.29, 0.717) is 11.1 Å². The molecule has 0 aliphatic rings. The maximum absolute atomic E-state index is 11.5. The Kier molecular flexibility index (Phi) is 2.78. The highest BCUT2D eigenvalue weighted by Crippen LogP contribution is 2.22. The van der Waals surface area contributed by atoms with Crippen LogP contribution in [0.3, 0.4) is 0 Å². The second-order valence-corrected chi connectivity index (χ2v) is 4.16. The Morgan fingerprint density at radius 2 is 2.06 bits per heavy atom. The van der Waals surface area contributed by atoms with Crippen molar-refractivity contribution in [3.8, 4) is 0 Å². The molecule has 0 spiro atoms. The highest BCUT2D eigenvalue weighted by Gasteiger charge is 2.12. The Labute approximate surface area is 99.0 Å². The van der Waals surface area contributed by atoms with Gasteiger partial charge in [-0.15, -0.1) is 0 Å². The Morgan fingerprint density at radius 3 is 2.75 bits per heavy atom. The van der Waals surface area contributed by atoms with E-state index in [-0.39, 0.29) is 16.5 Å². The van der Waals surface area contributed by atoms with Crippen LogP contribution in [0.15, 0.2) is 33.5 Å². The van der Waals surface area contributed by atoms with Crippen LogP contribution in [0.1, 0.15) is 5.56 Å². The molecule has 0 aliphatic heterocycles. The number of carbonyl (C=O) groups is 1. The predicted octanol–water partition coefficient (Wildman–Crippen LogP) is 1.92. The fraction of sp³-hybridized carbons (Fsp3) is 0.0909. The van der Waals surface area contributed by atoms with Gasteiger partial charge in [0.25, 0.3) is 5.56 Å². The van der Waals surface area contributed by atoms with Crippen molar-refractivity contribution in [2.75, 3.05) is 0 Å². The fourth-order valence-corrected chi connectivity index (χ4v) is 2.06. The third-order valence-corrected chi connectivity index (χ3v) is 3.13. The molecule has 0 saturated carbocycles. The van der Waals surface area contributed by atoms with Gasteiger partial charge in [-0.25, -0.2) is 0 Å². The van der Waals surface area contributed by atoms with Crippen LogP contribution in [0, 0.1) is 0 Å². The Balaban J connectivity index is 2.81. The molecule has 82 valence electrons. The van der Waals surface area contributed by atoms with Gasteiger partial charge in [0.05, 0.1) is 10.9 Å². The number of nitrogens with one attached hydrogen (secondary N) is 1. The molecular formula is C11H8BrNO3. The zero-order chi connectivity index (χ0) is 11.7. The molecule has 2 aromatic rings. The van der Waals surface area contributed by atoms with E-state index >= 15 is 0 Å². The molecule has 2 rings (SSSR count). The molecule has 0 saturated heterocycles. The van der Waals surface area contributed by atoms with Gasteiger partial charge in [-0.1, -0.05) is 18.2 Å². The van der Waals surface area contributed by atoms with Gasteiger partial charge in [-0.3, -0.25) is 9.59 Å². The minimum atomic E-state index is -0.962. The number of para-hydroxylation sites is 1. The smallest absolute Gasteiger partial charge is 0.307 e. The molecule has 0 radical (unpaired) electrons. The summed E-state index contributed by atoms with van der Waals surface area (Å²) in [5, 5.41) is 9.56. The Bertz CT molecular complexity index is 618. The maximum Gasteiger partial charge on any atom is 0.307 e. The van der Waals surface area contributed by atoms with Crippen molar-refractivity contribution in [3.05, 3.63) is 44.7 Å². The molecule has 0 fully saturated rings. The molecule has 5 heteroatoms. The molecule has 2 N–H and O–H groups in total. The summed E-state index contributed by atoms with van der Waals surface area (Å²) in [6.45, 7) is 0. The summed E-state index contributed by atoms with van der Waals surface area (Å²) in [4.78, 5) is 25.0. The van der Waals surface area contributed by atoms with Gasteiger partial charge in [-0.2, -0.15) is 0 Å². The second kappa shape index (κ2) is 4.09. The van der Waals surface area contributed by atoms with Crippen LogP contribution >= 0.6 is 15.9 Å². The van der Waals surface area contributed by atoms with Gasteiger partial charge in [-0.05, 0) is 27.6 Å². The molecule has 0 aliphatic carbocycles. The SMILES string of the molecule is O=C(O)Cc1c(Br)c(=O)[nH]c2ccccc12. The van der Waals surface area contributed by atoms with Gasteiger partial charge in [0.1, 0.15) is 0 Å². The molecule has 0 bridgehead atoms. The fourth-order valence-electron chi connectivity index (χ4n) is 1.61. The normalized spacial score (nSPS) is 10.6. The number of carboxylic acid groups (broad SMARTS) is 1. The van der Waals surface area contributed by atoms with Crippen molar-refractivity contribution in [2.45, 2.75) is 6.42 Å². The summed E-state index contributed by atoms with van der Waals surface area (Å²) in [5.74, 6) is -0.962. The lowest BCUT2D eigenvalue weighted by atomic mass is 10.1. The number of aromatic nitrogens is 1. The number of fused-ring (bicyclic) bond motifs is 1. The average Bonchev–Trinajstić information content (AvgIpc) is 2.24. The molecule has 1 heterocycles. The third-order valence-electron chi connectivity index (χ3n) is 2.29. The number of hydrogen-bond acceptors (Lipinski definition) is 2. The minimum Gasteiger partial charge on any atom is -0.481 e. The van der Waals surface area contributed by atoms with E-state index in [4.69, 9.17) is 5.11 Å². The standard InChI is InChI=1S/C11H8BrNO3/c12-10-7(5-9(14)15)6-3-1-2-4-8(6)13-11(10)16/h1-4H,5H2,(H,13,16)(H,14,15). The van der Waals surface area contributed by atoms with E-state index in [0.717, 1.165) is 5.39 Å². The number of hydrogen-bond donors (Lipinski definition) is 2. The molecule has 16 heavy (non-hydrogen) atoms. The summed E-state index contributed by atoms with van der Waals surface area (Å²) in [7, 11) is 0. The van der Waals surface area contributed by atoms with Crippen molar-refractivity contribution in [3.63, 3.8) is 0 Å². The molecule has 4 nitrogen and oxygen atoms in total. The molecule has 0 unspecified atom stereocenters. The summed E-state index contributed by atoms with van der Waals surface area (Å²) in [5.41, 5.74) is 0.841. The van der Waals surface area contributed by atoms with Crippen LogP contribution < -0.4 is 5.56 Å². The van der Waals surface area contributed by atoms with Crippen LogP contribution in [0.25, 0.3) is 10.9 Å². The number of aliphatic carboxylic acids is 1. The number of rotatable bonds is 2. The van der Waals surface area contributed by atoms with Crippen LogP contribution in [0.5, 0.6) is 0 Å². The van der Waals surface area contributed by atoms with Crippen LogP contribution in [-0.2, 0) is 11.2 Å². The van der Waals surface area contributed by atoms with Gasteiger partial charge in [0, 0.05) is 10.9 Å². The van der Waals surface area contributed by atoms with Crippen LogP contribution in [0.4, 0.5) is 0 Å². The van der Waals surface area contributed by atoms with Gasteiger partial charge < -0.3 is 10.1 Å². The highest BCUT2D eigenvalue weighted by atomic mass is 79.9. The lowest BCUT2D eigenvalue weighted by molar-refractivity contribution is -0.136. The maximum atomic E-state index is 11.5. The monoisotopic (exact) mass is 281 g/mol. The molecule has 1 aromatic heterocycles. The Morgan fingerprint density at radius 1 is 1.38 bits per heavy atom. The van der Waals surface area contributed by atoms with Crippen LogP contribution in [-0.4, -0.2) is 16.1 Å². The number of benzene rings is 1. The number of halogens is 1. The molecule has 0 amide bonds. The third kappa shape index (κ3) is 1.86. The predicted molar refractivity (Wildman–Crippen MR) is 63.6 cm³/mol. The summed E-state index contributed by atoms with van der Waals surface area (Å²) >= 11 is 3.12. The Hall–Kier alpha value is -1.62. The van der Waals surface area contributed by atoms with E-state index in [2.05, 4.69) is 20.9 Å². The van der Waals surface area contributed by atoms with E-state index in [1.807, 2.05) is 0 Å². The van der Waals surface area contributed by atoms with Crippen molar-refractivity contribution in [2.24, 2.45) is 0 Å². The first-order chi connectivity index (χ1) is 7.59. The molecule has 1 aromatic carbocycles. The molecule has 0 atom stereocenters. The lowest BCUT2D eigenvalue weighted by Crippen LogP contribution is -2.12. The first kappa shape index (κ1) is 10.9. The van der Waals surface area contributed by atoms with Crippen LogP contribution in [0.2, 0.25) is 0 Å². The van der Waals surface area contributed by atoms with Gasteiger partial charge in [0.2, 0.25) is 0 Å². The van der Waals surface area contributed by atoms with E-state index in [1.54, 1.807) is 24.3 Å². The average molecular weight is 282 g/mol. The topological polar surface area (TPSA) is 70.2 Å². The van der Waals surface area contributed by atoms with E-state index < -0.39 is 5.97 Å². The quantitative estimate of drug-likeness (QED) is 0.884. The number of carboxylic acids is 1. The second-order valence-electron chi connectivity index (χ2n) is 3.36. The number of pyridine rings is 1. The largest absolute Gasteiger partial charge is 0.481 e. The van der Waals surface area contributed by atoms with Crippen molar-refractivity contribution in [1.82, 2.24) is 4.98 Å². The molecular weight excluding hydrogens is 274 g/mol. The van der Waals surface area contributed by atoms with E-state index in [1.165, 1.54) is 0 Å². The van der Waals surface area contributed by atoms with Crippen molar-refractivity contribution in [1.29, 1.82) is 0 Å². The summed E-state index contributed by atoms with van der Waals surface area (Å²) in [6.07, 6.45) is -0.176. The van der Waals surface area contributed by atoms with Gasteiger partial charge >= 0.3 is 5.97 Å². The van der Waals surface area contributed by atoms with E-state index in [9.17, 15) is 9.59 Å². The summed E-state index contributed by atoms with van der Waals surface area (Å²) in [6, 6.07) is 7.12.